The first-order chi connectivity index (χ1) is 12.8. The molecule has 0 atom stereocenters. The van der Waals surface area contributed by atoms with E-state index in [1.807, 2.05) is 26.2 Å². The van der Waals surface area contributed by atoms with Gasteiger partial charge in [-0.25, -0.2) is 0 Å². The second-order valence-corrected chi connectivity index (χ2v) is 8.24. The van der Waals surface area contributed by atoms with E-state index in [1.165, 1.54) is 26.9 Å². The molecule has 0 saturated carbocycles. The van der Waals surface area contributed by atoms with E-state index in [0.29, 0.717) is 7.48 Å². The molecule has 0 aliphatic rings. The molecule has 1 aromatic heterocycles. The molecule has 0 aliphatic heterocycles. The first kappa shape index (κ1) is 18.0. The van der Waals surface area contributed by atoms with Gasteiger partial charge in [-0.3, -0.25) is 4.98 Å². The lowest BCUT2D eigenvalue weighted by Gasteiger charge is -2.37. The summed E-state index contributed by atoms with van der Waals surface area (Å²) in [5, 5.41) is 17.6. The van der Waals surface area contributed by atoms with Gasteiger partial charge < -0.3 is 9.76 Å². The number of hydrogen-bond acceptors (Lipinski definition) is 3. The van der Waals surface area contributed by atoms with E-state index in [2.05, 4.69) is 53.5 Å². The van der Waals surface area contributed by atoms with Crippen molar-refractivity contribution in [1.29, 1.82) is 0 Å². The fourth-order valence-corrected chi connectivity index (χ4v) is 3.31. The van der Waals surface area contributed by atoms with Gasteiger partial charge in [0.1, 0.15) is 0 Å². The average Bonchev–Trinajstić information content (AvgIpc) is 2.64. The van der Waals surface area contributed by atoms with Crippen molar-refractivity contribution < 1.29 is 9.76 Å². The highest BCUT2D eigenvalue weighted by molar-refractivity contribution is 6.47. The second kappa shape index (κ2) is 6.33. The van der Waals surface area contributed by atoms with Gasteiger partial charge in [-0.1, -0.05) is 47.9 Å². The third-order valence-electron chi connectivity index (χ3n) is 5.75. The van der Waals surface area contributed by atoms with Gasteiger partial charge in [-0.2, -0.15) is 0 Å². The van der Waals surface area contributed by atoms with E-state index in [9.17, 15) is 5.11 Å². The van der Waals surface area contributed by atoms with Crippen LogP contribution >= 0.6 is 0 Å². The third-order valence-corrected chi connectivity index (χ3v) is 5.75. The molecule has 0 spiro atoms. The van der Waals surface area contributed by atoms with E-state index in [1.54, 1.807) is 13.8 Å². The fourth-order valence-electron chi connectivity index (χ4n) is 3.31. The van der Waals surface area contributed by atoms with E-state index in [4.69, 9.17) is 4.65 Å². The molecule has 4 rings (SSSR count). The van der Waals surface area contributed by atoms with E-state index in [-0.39, 0.29) is 0 Å². The molecule has 0 radical (unpaired) electrons. The minimum atomic E-state index is -0.910. The molecule has 1 N–H and O–H groups in total. The van der Waals surface area contributed by atoms with Gasteiger partial charge in [0.05, 0.1) is 11.2 Å². The lowest BCUT2D eigenvalue weighted by molar-refractivity contribution is -0.0893. The summed E-state index contributed by atoms with van der Waals surface area (Å²) in [6, 6.07) is 17.2. The SMILES string of the molecule is CC(C)(O)C(C)(C)OBc1ccc2c(ccc3ccc4cnccc4c32)c1. The summed E-state index contributed by atoms with van der Waals surface area (Å²) >= 11 is 0. The Kier molecular flexibility index (Phi) is 4.21. The molecule has 0 amide bonds. The summed E-state index contributed by atoms with van der Waals surface area (Å²) in [4.78, 5) is 4.24. The monoisotopic (exact) mass is 357 g/mol. The van der Waals surface area contributed by atoms with Gasteiger partial charge >= 0.3 is 7.48 Å². The molecule has 0 unspecified atom stereocenters. The Morgan fingerprint density at radius 3 is 2.26 bits per heavy atom. The normalized spacial score (nSPS) is 12.8. The molecule has 3 aromatic carbocycles. The number of aromatic nitrogens is 1. The minimum Gasteiger partial charge on any atom is -0.427 e. The molecule has 4 heteroatoms. The van der Waals surface area contributed by atoms with Crippen LogP contribution in [0, 0.1) is 0 Å². The maximum absolute atomic E-state index is 10.3. The van der Waals surface area contributed by atoms with Crippen LogP contribution in [0.3, 0.4) is 0 Å². The van der Waals surface area contributed by atoms with Crippen LogP contribution in [0.25, 0.3) is 32.3 Å². The molecule has 4 aromatic rings. The number of pyridine rings is 1. The van der Waals surface area contributed by atoms with Crippen LogP contribution < -0.4 is 5.46 Å². The maximum Gasteiger partial charge on any atom is 0.309 e. The second-order valence-electron chi connectivity index (χ2n) is 8.24. The zero-order valence-corrected chi connectivity index (χ0v) is 16.3. The van der Waals surface area contributed by atoms with Gasteiger partial charge in [-0.05, 0) is 60.7 Å². The van der Waals surface area contributed by atoms with Crippen LogP contribution in [0.2, 0.25) is 0 Å². The average molecular weight is 357 g/mol. The molecule has 1 heterocycles. The highest BCUT2D eigenvalue weighted by atomic mass is 16.5. The smallest absolute Gasteiger partial charge is 0.309 e. The lowest BCUT2D eigenvalue weighted by Crippen LogP contribution is -2.49. The molecule has 0 bridgehead atoms. The van der Waals surface area contributed by atoms with Crippen LogP contribution in [0.15, 0.2) is 60.9 Å². The molecule has 0 fully saturated rings. The number of aliphatic hydroxyl groups is 1. The summed E-state index contributed by atoms with van der Waals surface area (Å²) in [5.74, 6) is 0. The summed E-state index contributed by atoms with van der Waals surface area (Å²) in [6.45, 7) is 7.39. The van der Waals surface area contributed by atoms with Gasteiger partial charge in [0.15, 0.2) is 0 Å². The van der Waals surface area contributed by atoms with Crippen molar-refractivity contribution in [2.75, 3.05) is 0 Å². The summed E-state index contributed by atoms with van der Waals surface area (Å²) in [5.41, 5.74) is -0.442. The first-order valence-corrected chi connectivity index (χ1v) is 9.31. The van der Waals surface area contributed by atoms with Crippen LogP contribution in [0.4, 0.5) is 0 Å². The number of nitrogens with zero attached hydrogens (tertiary/aromatic N) is 1. The van der Waals surface area contributed by atoms with Gasteiger partial charge in [0, 0.05) is 17.8 Å². The van der Waals surface area contributed by atoms with Crippen molar-refractivity contribution in [2.45, 2.75) is 38.9 Å². The largest absolute Gasteiger partial charge is 0.427 e. The van der Waals surface area contributed by atoms with Gasteiger partial charge in [-0.15, -0.1) is 0 Å². The highest BCUT2D eigenvalue weighted by Gasteiger charge is 2.35. The summed E-state index contributed by atoms with van der Waals surface area (Å²) in [6.07, 6.45) is 3.76. The number of fused-ring (bicyclic) bond motifs is 5. The Morgan fingerprint density at radius 1 is 0.852 bits per heavy atom. The molecular weight excluding hydrogens is 333 g/mol. The van der Waals surface area contributed by atoms with Gasteiger partial charge in [0.25, 0.3) is 0 Å². The number of rotatable bonds is 4. The predicted molar refractivity (Wildman–Crippen MR) is 115 cm³/mol. The minimum absolute atomic E-state index is 0.463. The Hall–Kier alpha value is -2.43. The van der Waals surface area contributed by atoms with Crippen molar-refractivity contribution in [3.63, 3.8) is 0 Å². The van der Waals surface area contributed by atoms with Crippen LogP contribution in [0.5, 0.6) is 0 Å². The number of benzene rings is 3. The lowest BCUT2D eigenvalue weighted by atomic mass is 9.81. The highest BCUT2D eigenvalue weighted by Crippen LogP contribution is 2.31. The Bertz CT molecular complexity index is 1150. The standard InChI is InChI=1S/C23H24BNO2/c1-22(2,26)23(3,4)27-24-18-9-10-19-16(13-18)7-5-15-6-8-17-14-25-12-11-20(17)21(15)19/h5-14,24,26H,1-4H3. The molecule has 0 saturated heterocycles. The molecule has 27 heavy (non-hydrogen) atoms. The van der Waals surface area contributed by atoms with Crippen molar-refractivity contribution in [1.82, 2.24) is 4.98 Å². The van der Waals surface area contributed by atoms with Gasteiger partial charge in [0.2, 0.25) is 0 Å². The predicted octanol–water partition coefficient (Wildman–Crippen LogP) is 4.08. The summed E-state index contributed by atoms with van der Waals surface area (Å²) in [7, 11) is 0.463. The van der Waals surface area contributed by atoms with Crippen molar-refractivity contribution in [3.8, 4) is 0 Å². The van der Waals surface area contributed by atoms with Crippen molar-refractivity contribution in [2.24, 2.45) is 0 Å². The Labute approximate surface area is 160 Å². The number of hydrogen-bond donors (Lipinski definition) is 1. The van der Waals surface area contributed by atoms with Crippen LogP contribution in [-0.2, 0) is 4.65 Å². The third kappa shape index (κ3) is 3.20. The van der Waals surface area contributed by atoms with E-state index >= 15 is 0 Å². The molecule has 3 nitrogen and oxygen atoms in total. The fraction of sp³-hybridized carbons (Fsp3) is 0.261. The zero-order valence-electron chi connectivity index (χ0n) is 16.3. The molecule has 136 valence electrons. The Balaban J connectivity index is 1.78. The zero-order chi connectivity index (χ0) is 19.2. The quantitative estimate of drug-likeness (QED) is 0.442. The topological polar surface area (TPSA) is 42.4 Å². The van der Waals surface area contributed by atoms with Crippen molar-refractivity contribution >= 4 is 45.3 Å². The van der Waals surface area contributed by atoms with E-state index < -0.39 is 11.2 Å². The molecule has 0 aliphatic carbocycles. The molecular formula is C23H24BNO2. The first-order valence-electron chi connectivity index (χ1n) is 9.31. The summed E-state index contributed by atoms with van der Waals surface area (Å²) < 4.78 is 6.03. The van der Waals surface area contributed by atoms with E-state index in [0.717, 1.165) is 10.8 Å². The van der Waals surface area contributed by atoms with Crippen molar-refractivity contribution in [3.05, 3.63) is 60.9 Å². The Morgan fingerprint density at radius 2 is 1.52 bits per heavy atom. The van der Waals surface area contributed by atoms with Crippen LogP contribution in [-0.4, -0.2) is 28.8 Å². The van der Waals surface area contributed by atoms with Crippen LogP contribution in [0.1, 0.15) is 27.7 Å². The maximum atomic E-state index is 10.3.